The van der Waals surface area contributed by atoms with Crippen molar-refractivity contribution in [1.82, 2.24) is 14.7 Å². The van der Waals surface area contributed by atoms with Crippen LogP contribution in [-0.2, 0) is 13.0 Å². The summed E-state index contributed by atoms with van der Waals surface area (Å²) in [5, 5.41) is 3.07. The van der Waals surface area contributed by atoms with Crippen LogP contribution in [0.4, 0.5) is 0 Å². The van der Waals surface area contributed by atoms with Crippen molar-refractivity contribution in [3.8, 4) is 5.75 Å². The molecule has 0 saturated heterocycles. The predicted molar refractivity (Wildman–Crippen MR) is 115 cm³/mol. The second kappa shape index (κ2) is 6.87. The Morgan fingerprint density at radius 1 is 1.38 bits per heavy atom. The Bertz CT molecular complexity index is 1100. The number of nitrogens with zero attached hydrogens (tertiary/aromatic N) is 2. The molecule has 0 bridgehead atoms. The summed E-state index contributed by atoms with van der Waals surface area (Å²) < 4.78 is 8.20. The third-order valence-electron chi connectivity index (χ3n) is 6.28. The fourth-order valence-corrected chi connectivity index (χ4v) is 5.58. The van der Waals surface area contributed by atoms with Gasteiger partial charge in [-0.3, -0.25) is 9.20 Å². The van der Waals surface area contributed by atoms with Crippen molar-refractivity contribution >= 4 is 22.2 Å². The van der Waals surface area contributed by atoms with Crippen LogP contribution in [0.25, 0.3) is 4.96 Å². The fraction of sp³-hybridized carbons (Fsp3) is 0.478. The predicted octanol–water partition coefficient (Wildman–Crippen LogP) is 4.83. The Labute approximate surface area is 175 Å². The molecule has 1 fully saturated rings. The molecule has 1 atom stereocenters. The zero-order valence-electron chi connectivity index (χ0n) is 17.2. The van der Waals surface area contributed by atoms with E-state index in [4.69, 9.17) is 4.74 Å². The number of hydrogen-bond acceptors (Lipinski definition) is 4. The first-order valence-electron chi connectivity index (χ1n) is 10.4. The van der Waals surface area contributed by atoms with E-state index in [1.165, 1.54) is 24.8 Å². The highest BCUT2D eigenvalue weighted by Gasteiger charge is 2.38. The molecule has 6 heteroatoms. The van der Waals surface area contributed by atoms with E-state index in [2.05, 4.69) is 35.4 Å². The van der Waals surface area contributed by atoms with Crippen molar-refractivity contribution in [3.63, 3.8) is 0 Å². The lowest BCUT2D eigenvalue weighted by Crippen LogP contribution is -2.34. The van der Waals surface area contributed by atoms with E-state index in [0.29, 0.717) is 12.2 Å². The standard InChI is InChI=1S/C23H27N3O2S/c1-14-13-26-20(15(2)25-22(26)29-14)21(27)24-12-17-7-8-19-18(9-17)11-23(3,28-19)10-16-5-4-6-16/h7-9,13,16H,4-6,10-12H2,1-3H3,(H,24,27). The van der Waals surface area contributed by atoms with E-state index in [0.717, 1.165) is 45.6 Å². The Hall–Kier alpha value is -2.34. The zero-order valence-corrected chi connectivity index (χ0v) is 18.1. The molecule has 1 N–H and O–H groups in total. The average Bonchev–Trinajstić information content (AvgIpc) is 3.24. The van der Waals surface area contributed by atoms with Crippen LogP contribution < -0.4 is 10.1 Å². The van der Waals surface area contributed by atoms with Crippen LogP contribution in [0.5, 0.6) is 5.75 Å². The lowest BCUT2D eigenvalue weighted by atomic mass is 9.77. The maximum atomic E-state index is 12.8. The van der Waals surface area contributed by atoms with Gasteiger partial charge in [-0.2, -0.15) is 0 Å². The van der Waals surface area contributed by atoms with Gasteiger partial charge < -0.3 is 10.1 Å². The molecule has 1 aromatic carbocycles. The summed E-state index contributed by atoms with van der Waals surface area (Å²) in [6.45, 7) is 6.66. The number of aryl methyl sites for hydroxylation is 2. The van der Waals surface area contributed by atoms with Crippen LogP contribution >= 0.6 is 11.3 Å². The lowest BCUT2D eigenvalue weighted by molar-refractivity contribution is 0.0658. The van der Waals surface area contributed by atoms with Gasteiger partial charge >= 0.3 is 0 Å². The van der Waals surface area contributed by atoms with Gasteiger partial charge in [0.1, 0.15) is 17.0 Å². The molecule has 0 radical (unpaired) electrons. The maximum absolute atomic E-state index is 12.8. The van der Waals surface area contributed by atoms with Crippen molar-refractivity contribution in [3.05, 3.63) is 51.8 Å². The molecule has 1 unspecified atom stereocenters. The minimum Gasteiger partial charge on any atom is -0.487 e. The summed E-state index contributed by atoms with van der Waals surface area (Å²) in [6, 6.07) is 6.31. The monoisotopic (exact) mass is 409 g/mol. The number of carbonyl (C=O) groups is 1. The molecule has 5 nitrogen and oxygen atoms in total. The van der Waals surface area contributed by atoms with E-state index < -0.39 is 0 Å². The maximum Gasteiger partial charge on any atom is 0.270 e. The number of ether oxygens (including phenoxy) is 1. The third kappa shape index (κ3) is 3.44. The molecule has 2 aromatic heterocycles. The topological polar surface area (TPSA) is 55.6 Å². The minimum atomic E-state index is -0.0839. The molecule has 2 aliphatic rings. The SMILES string of the molecule is Cc1cn2c(C(=O)NCc3ccc4c(c3)CC(C)(CC3CCC3)O4)c(C)nc2s1. The van der Waals surface area contributed by atoms with E-state index >= 15 is 0 Å². The number of imidazole rings is 1. The molecule has 3 aromatic rings. The minimum absolute atomic E-state index is 0.0770. The van der Waals surface area contributed by atoms with Crippen LogP contribution in [0.15, 0.2) is 24.4 Å². The van der Waals surface area contributed by atoms with Crippen LogP contribution in [0.3, 0.4) is 0 Å². The van der Waals surface area contributed by atoms with E-state index in [-0.39, 0.29) is 11.5 Å². The Balaban J connectivity index is 1.27. The number of benzene rings is 1. The number of hydrogen-bond donors (Lipinski definition) is 1. The Kier molecular flexibility index (Phi) is 4.42. The lowest BCUT2D eigenvalue weighted by Gasteiger charge is -2.33. The van der Waals surface area contributed by atoms with Gasteiger partial charge in [-0.15, -0.1) is 11.3 Å². The number of amides is 1. The highest BCUT2D eigenvalue weighted by atomic mass is 32.1. The van der Waals surface area contributed by atoms with Crippen LogP contribution in [-0.4, -0.2) is 20.9 Å². The van der Waals surface area contributed by atoms with E-state index in [9.17, 15) is 4.79 Å². The second-order valence-electron chi connectivity index (χ2n) is 8.89. The number of thiazole rings is 1. The van der Waals surface area contributed by atoms with Gasteiger partial charge in [-0.25, -0.2) is 4.98 Å². The smallest absolute Gasteiger partial charge is 0.270 e. The van der Waals surface area contributed by atoms with Gasteiger partial charge in [-0.05, 0) is 50.3 Å². The van der Waals surface area contributed by atoms with Crippen molar-refractivity contribution in [2.24, 2.45) is 5.92 Å². The van der Waals surface area contributed by atoms with Gasteiger partial charge in [0, 0.05) is 24.0 Å². The molecule has 0 spiro atoms. The summed E-state index contributed by atoms with van der Waals surface area (Å²) in [5.41, 5.74) is 3.68. The molecule has 3 heterocycles. The number of carbonyl (C=O) groups excluding carboxylic acids is 1. The van der Waals surface area contributed by atoms with E-state index in [1.54, 1.807) is 11.3 Å². The van der Waals surface area contributed by atoms with Crippen LogP contribution in [0, 0.1) is 19.8 Å². The van der Waals surface area contributed by atoms with Crippen molar-refractivity contribution < 1.29 is 9.53 Å². The molecule has 152 valence electrons. The normalized spacial score (nSPS) is 21.1. The first kappa shape index (κ1) is 18.7. The number of rotatable bonds is 5. The second-order valence-corrected chi connectivity index (χ2v) is 10.1. The van der Waals surface area contributed by atoms with Crippen LogP contribution in [0.2, 0.25) is 0 Å². The average molecular weight is 410 g/mol. The van der Waals surface area contributed by atoms with Gasteiger partial charge in [0.15, 0.2) is 4.96 Å². The van der Waals surface area contributed by atoms with Crippen LogP contribution in [0.1, 0.15) is 64.8 Å². The number of aromatic nitrogens is 2. The molecule has 1 amide bonds. The summed E-state index contributed by atoms with van der Waals surface area (Å²) in [5.74, 6) is 1.74. The largest absolute Gasteiger partial charge is 0.487 e. The molecular formula is C23H27N3O2S. The number of fused-ring (bicyclic) bond motifs is 2. The summed E-state index contributed by atoms with van der Waals surface area (Å²) in [4.78, 5) is 19.4. The summed E-state index contributed by atoms with van der Waals surface area (Å²) in [6.07, 6.45) is 8.13. The Morgan fingerprint density at radius 2 is 2.21 bits per heavy atom. The molecule has 1 aliphatic heterocycles. The highest BCUT2D eigenvalue weighted by molar-refractivity contribution is 7.17. The van der Waals surface area contributed by atoms with Crippen molar-refractivity contribution in [2.45, 2.75) is 65.0 Å². The van der Waals surface area contributed by atoms with E-state index in [1.807, 2.05) is 24.4 Å². The molecule has 1 aliphatic carbocycles. The zero-order chi connectivity index (χ0) is 20.2. The van der Waals surface area contributed by atoms with Gasteiger partial charge in [0.25, 0.3) is 5.91 Å². The quantitative estimate of drug-likeness (QED) is 0.657. The van der Waals surface area contributed by atoms with Crippen molar-refractivity contribution in [2.75, 3.05) is 0 Å². The third-order valence-corrected chi connectivity index (χ3v) is 7.17. The van der Waals surface area contributed by atoms with Gasteiger partial charge in [-0.1, -0.05) is 31.4 Å². The number of nitrogens with one attached hydrogen (secondary N) is 1. The summed E-state index contributed by atoms with van der Waals surface area (Å²) in [7, 11) is 0. The first-order valence-corrected chi connectivity index (χ1v) is 11.3. The fourth-order valence-electron chi connectivity index (χ4n) is 4.71. The molecule has 1 saturated carbocycles. The van der Waals surface area contributed by atoms with Gasteiger partial charge in [0.05, 0.1) is 5.69 Å². The molecular weight excluding hydrogens is 382 g/mol. The highest BCUT2D eigenvalue weighted by Crippen LogP contribution is 2.42. The summed E-state index contributed by atoms with van der Waals surface area (Å²) >= 11 is 1.60. The van der Waals surface area contributed by atoms with Crippen molar-refractivity contribution in [1.29, 1.82) is 0 Å². The first-order chi connectivity index (χ1) is 13.9. The Morgan fingerprint density at radius 3 is 2.97 bits per heavy atom. The molecule has 5 rings (SSSR count). The van der Waals surface area contributed by atoms with Gasteiger partial charge in [0.2, 0.25) is 0 Å². The molecule has 29 heavy (non-hydrogen) atoms.